The highest BCUT2D eigenvalue weighted by Crippen LogP contribution is 2.14. The standard InChI is InChI=1S/C16H16N2O2S2/c19-15-11-13(17-16-18(15)7-10-22-16)12-21-9-4-8-20-14-5-2-1-3-6-14/h1-3,5-7,10-11H,4,8-9,12H2. The van der Waals surface area contributed by atoms with E-state index in [0.717, 1.165) is 34.3 Å². The number of para-hydroxylation sites is 1. The summed E-state index contributed by atoms with van der Waals surface area (Å²) in [6.07, 6.45) is 2.73. The van der Waals surface area contributed by atoms with Crippen LogP contribution in [-0.2, 0) is 5.75 Å². The Hall–Kier alpha value is -1.79. The Morgan fingerprint density at radius 1 is 1.27 bits per heavy atom. The molecule has 0 aliphatic rings. The fraction of sp³-hybridized carbons (Fsp3) is 0.250. The molecule has 22 heavy (non-hydrogen) atoms. The quantitative estimate of drug-likeness (QED) is 0.622. The van der Waals surface area contributed by atoms with Crippen LogP contribution < -0.4 is 10.3 Å². The molecule has 0 spiro atoms. The molecule has 1 aromatic carbocycles. The highest BCUT2D eigenvalue weighted by atomic mass is 32.2. The summed E-state index contributed by atoms with van der Waals surface area (Å²) in [5.74, 6) is 2.65. The fourth-order valence-corrected chi connectivity index (χ4v) is 3.57. The van der Waals surface area contributed by atoms with E-state index < -0.39 is 0 Å². The third kappa shape index (κ3) is 3.90. The predicted octanol–water partition coefficient (Wildman–Crippen LogP) is 3.46. The van der Waals surface area contributed by atoms with Gasteiger partial charge in [0.05, 0.1) is 12.3 Å². The summed E-state index contributed by atoms with van der Waals surface area (Å²) in [6, 6.07) is 11.4. The van der Waals surface area contributed by atoms with Gasteiger partial charge in [0.25, 0.3) is 5.56 Å². The minimum atomic E-state index is -0.00531. The lowest BCUT2D eigenvalue weighted by Gasteiger charge is -2.05. The molecular weight excluding hydrogens is 316 g/mol. The average Bonchev–Trinajstić information content (AvgIpc) is 3.01. The van der Waals surface area contributed by atoms with Gasteiger partial charge >= 0.3 is 0 Å². The van der Waals surface area contributed by atoms with E-state index in [1.54, 1.807) is 28.4 Å². The molecule has 0 radical (unpaired) electrons. The van der Waals surface area contributed by atoms with E-state index in [2.05, 4.69) is 4.98 Å². The van der Waals surface area contributed by atoms with Gasteiger partial charge in [-0.25, -0.2) is 4.98 Å². The average molecular weight is 332 g/mol. The summed E-state index contributed by atoms with van der Waals surface area (Å²) in [5, 5.41) is 1.88. The van der Waals surface area contributed by atoms with Crippen molar-refractivity contribution < 1.29 is 4.74 Å². The van der Waals surface area contributed by atoms with Gasteiger partial charge in [-0.1, -0.05) is 18.2 Å². The van der Waals surface area contributed by atoms with Crippen molar-refractivity contribution in [2.45, 2.75) is 12.2 Å². The number of thioether (sulfide) groups is 1. The van der Waals surface area contributed by atoms with Crippen LogP contribution in [0.1, 0.15) is 12.1 Å². The number of hydrogen-bond donors (Lipinski definition) is 0. The maximum absolute atomic E-state index is 11.9. The predicted molar refractivity (Wildman–Crippen MR) is 92.1 cm³/mol. The summed E-state index contributed by atoms with van der Waals surface area (Å²) >= 11 is 3.26. The van der Waals surface area contributed by atoms with E-state index >= 15 is 0 Å². The monoisotopic (exact) mass is 332 g/mol. The van der Waals surface area contributed by atoms with Crippen LogP contribution in [-0.4, -0.2) is 21.7 Å². The molecule has 0 N–H and O–H groups in total. The van der Waals surface area contributed by atoms with Crippen molar-refractivity contribution in [3.8, 4) is 5.75 Å². The number of nitrogens with zero attached hydrogens (tertiary/aromatic N) is 2. The van der Waals surface area contributed by atoms with Crippen LogP contribution in [0.5, 0.6) is 5.75 Å². The highest BCUT2D eigenvalue weighted by molar-refractivity contribution is 7.98. The van der Waals surface area contributed by atoms with Crippen LogP contribution in [0.15, 0.2) is 52.8 Å². The van der Waals surface area contributed by atoms with E-state index in [1.807, 2.05) is 35.7 Å². The van der Waals surface area contributed by atoms with Gasteiger partial charge in [0, 0.05) is 23.4 Å². The number of hydrogen-bond acceptors (Lipinski definition) is 5. The smallest absolute Gasteiger partial charge is 0.258 e. The van der Waals surface area contributed by atoms with Crippen LogP contribution in [0.4, 0.5) is 0 Å². The molecule has 114 valence electrons. The number of rotatable bonds is 7. The van der Waals surface area contributed by atoms with E-state index in [4.69, 9.17) is 4.74 Å². The molecule has 3 aromatic rings. The van der Waals surface area contributed by atoms with Crippen molar-refractivity contribution >= 4 is 28.1 Å². The summed E-state index contributed by atoms with van der Waals surface area (Å²) in [6.45, 7) is 0.705. The number of ether oxygens (including phenoxy) is 1. The molecule has 0 aliphatic heterocycles. The van der Waals surface area contributed by atoms with Crippen molar-refractivity contribution in [2.24, 2.45) is 0 Å². The third-order valence-corrected chi connectivity index (χ3v) is 4.88. The molecule has 0 amide bonds. The van der Waals surface area contributed by atoms with E-state index in [0.29, 0.717) is 6.61 Å². The fourth-order valence-electron chi connectivity index (χ4n) is 2.01. The van der Waals surface area contributed by atoms with Gasteiger partial charge in [-0.2, -0.15) is 11.8 Å². The minimum absolute atomic E-state index is 0.00531. The summed E-state index contributed by atoms with van der Waals surface area (Å²) < 4.78 is 7.22. The third-order valence-electron chi connectivity index (χ3n) is 3.05. The van der Waals surface area contributed by atoms with Gasteiger partial charge in [-0.05, 0) is 24.3 Å². The number of aromatic nitrogens is 2. The molecule has 2 heterocycles. The maximum atomic E-state index is 11.9. The lowest BCUT2D eigenvalue weighted by atomic mass is 10.3. The Morgan fingerprint density at radius 3 is 3.00 bits per heavy atom. The molecule has 0 aliphatic carbocycles. The van der Waals surface area contributed by atoms with Crippen LogP contribution in [0.25, 0.3) is 4.96 Å². The molecule has 0 bridgehead atoms. The Bertz CT molecular complexity index is 783. The van der Waals surface area contributed by atoms with E-state index in [9.17, 15) is 4.79 Å². The van der Waals surface area contributed by atoms with Gasteiger partial charge in [-0.3, -0.25) is 9.20 Å². The van der Waals surface area contributed by atoms with Crippen LogP contribution in [0, 0.1) is 0 Å². The van der Waals surface area contributed by atoms with Gasteiger partial charge in [0.1, 0.15) is 5.75 Å². The van der Waals surface area contributed by atoms with Gasteiger partial charge in [0.15, 0.2) is 4.96 Å². The lowest BCUT2D eigenvalue weighted by Crippen LogP contribution is -2.12. The summed E-state index contributed by atoms with van der Waals surface area (Å²) in [5.41, 5.74) is 0.843. The van der Waals surface area contributed by atoms with Gasteiger partial charge < -0.3 is 4.74 Å². The Kier molecular flexibility index (Phi) is 5.13. The summed E-state index contributed by atoms with van der Waals surface area (Å²) in [7, 11) is 0. The number of fused-ring (bicyclic) bond motifs is 1. The zero-order valence-electron chi connectivity index (χ0n) is 12.0. The molecule has 6 heteroatoms. The van der Waals surface area contributed by atoms with Crippen LogP contribution in [0.3, 0.4) is 0 Å². The topological polar surface area (TPSA) is 43.6 Å². The van der Waals surface area contributed by atoms with Crippen LogP contribution >= 0.6 is 23.1 Å². The molecule has 0 atom stereocenters. The van der Waals surface area contributed by atoms with Crippen molar-refractivity contribution in [1.29, 1.82) is 0 Å². The van der Waals surface area contributed by atoms with E-state index in [-0.39, 0.29) is 5.56 Å². The molecule has 0 fully saturated rings. The zero-order chi connectivity index (χ0) is 15.2. The van der Waals surface area contributed by atoms with Gasteiger partial charge in [-0.15, -0.1) is 11.3 Å². The lowest BCUT2D eigenvalue weighted by molar-refractivity contribution is 0.318. The molecule has 2 aromatic heterocycles. The minimum Gasteiger partial charge on any atom is -0.494 e. The second kappa shape index (κ2) is 7.47. The van der Waals surface area contributed by atoms with Crippen molar-refractivity contribution in [3.63, 3.8) is 0 Å². The van der Waals surface area contributed by atoms with Gasteiger partial charge in [0.2, 0.25) is 0 Å². The maximum Gasteiger partial charge on any atom is 0.258 e. The zero-order valence-corrected chi connectivity index (χ0v) is 13.6. The van der Waals surface area contributed by atoms with Crippen molar-refractivity contribution in [2.75, 3.05) is 12.4 Å². The van der Waals surface area contributed by atoms with Crippen molar-refractivity contribution in [3.05, 3.63) is 64.0 Å². The second-order valence-corrected chi connectivity index (χ2v) is 6.69. The Balaban J connectivity index is 1.42. The highest BCUT2D eigenvalue weighted by Gasteiger charge is 2.03. The Morgan fingerprint density at radius 2 is 2.14 bits per heavy atom. The molecule has 4 nitrogen and oxygen atoms in total. The SMILES string of the molecule is O=c1cc(CSCCCOc2ccccc2)nc2sccn12. The molecule has 0 saturated carbocycles. The first-order chi connectivity index (χ1) is 10.8. The Labute approximate surface area is 136 Å². The van der Waals surface area contributed by atoms with E-state index in [1.165, 1.54) is 11.3 Å². The molecular formula is C16H16N2O2S2. The number of benzene rings is 1. The molecule has 0 saturated heterocycles. The first-order valence-corrected chi connectivity index (χ1v) is 9.08. The normalized spacial score (nSPS) is 10.9. The summed E-state index contributed by atoms with van der Waals surface area (Å²) in [4.78, 5) is 17.1. The molecule has 3 rings (SSSR count). The largest absolute Gasteiger partial charge is 0.494 e. The van der Waals surface area contributed by atoms with Crippen LogP contribution in [0.2, 0.25) is 0 Å². The second-order valence-electron chi connectivity index (χ2n) is 4.71. The first-order valence-electron chi connectivity index (χ1n) is 7.04. The first kappa shape index (κ1) is 15.1. The molecule has 0 unspecified atom stereocenters. The van der Waals surface area contributed by atoms with Crippen molar-refractivity contribution in [1.82, 2.24) is 9.38 Å². The number of thiazole rings is 1.